The van der Waals surface area contributed by atoms with Crippen LogP contribution in [0.15, 0.2) is 70.8 Å². The fourth-order valence-corrected chi connectivity index (χ4v) is 4.20. The van der Waals surface area contributed by atoms with E-state index in [-0.39, 0.29) is 12.0 Å². The normalized spacial score (nSPS) is 11.0. The molecule has 2 aromatic heterocycles. The summed E-state index contributed by atoms with van der Waals surface area (Å²) in [5, 5.41) is 11.5. The molecule has 0 aliphatic heterocycles. The quantitative estimate of drug-likeness (QED) is 0.520. The summed E-state index contributed by atoms with van der Waals surface area (Å²) in [7, 11) is 0. The Morgan fingerprint density at radius 2 is 1.64 bits per heavy atom. The number of hydrogen-bond acceptors (Lipinski definition) is 4. The van der Waals surface area contributed by atoms with Crippen LogP contribution in [0.2, 0.25) is 0 Å². The Bertz CT molecular complexity index is 1180. The van der Waals surface area contributed by atoms with Crippen LogP contribution in [0, 0.1) is 0 Å². The van der Waals surface area contributed by atoms with E-state index >= 15 is 0 Å². The first-order valence-corrected chi connectivity index (χ1v) is 9.88. The van der Waals surface area contributed by atoms with Crippen molar-refractivity contribution in [1.82, 2.24) is 9.55 Å². The average molecular weight is 390 g/mol. The maximum absolute atomic E-state index is 13.4. The van der Waals surface area contributed by atoms with Crippen LogP contribution in [0.5, 0.6) is 0 Å². The van der Waals surface area contributed by atoms with E-state index in [1.54, 1.807) is 4.57 Å². The van der Waals surface area contributed by atoms with Gasteiger partial charge in [0.2, 0.25) is 0 Å². The third-order valence-corrected chi connectivity index (χ3v) is 5.46. The van der Waals surface area contributed by atoms with Crippen LogP contribution >= 0.6 is 11.3 Å². The van der Waals surface area contributed by atoms with Crippen molar-refractivity contribution in [2.75, 3.05) is 0 Å². The fourth-order valence-electron chi connectivity index (χ4n) is 3.26. The summed E-state index contributed by atoms with van der Waals surface area (Å²) < 4.78 is 1.61. The second-order valence-corrected chi connectivity index (χ2v) is 7.31. The third-order valence-electron chi connectivity index (χ3n) is 4.58. The largest absolute Gasteiger partial charge is 0.481 e. The molecule has 2 aromatic carbocycles. The van der Waals surface area contributed by atoms with Gasteiger partial charge in [0.25, 0.3) is 5.56 Å². The molecule has 140 valence electrons. The summed E-state index contributed by atoms with van der Waals surface area (Å²) in [6.07, 6.45) is 0.376. The smallest absolute Gasteiger partial charge is 0.303 e. The molecule has 4 aromatic rings. The number of nitrogens with zero attached hydrogens (tertiary/aromatic N) is 2. The Kier molecular flexibility index (Phi) is 5.04. The fraction of sp³-hybridized carbons (Fsp3) is 0.136. The number of thiophene rings is 1. The summed E-state index contributed by atoms with van der Waals surface area (Å²) in [6, 6.07) is 19.3. The average Bonchev–Trinajstić information content (AvgIpc) is 3.15. The molecule has 5 nitrogen and oxygen atoms in total. The van der Waals surface area contributed by atoms with Crippen molar-refractivity contribution < 1.29 is 9.90 Å². The lowest BCUT2D eigenvalue weighted by Gasteiger charge is -2.13. The molecule has 0 unspecified atom stereocenters. The molecule has 1 N–H and O–H groups in total. The zero-order valence-corrected chi connectivity index (χ0v) is 15.9. The number of carbonyl (C=O) groups is 1. The van der Waals surface area contributed by atoms with Crippen molar-refractivity contribution >= 4 is 27.5 Å². The molecule has 0 saturated carbocycles. The number of aliphatic carboxylic acids is 1. The van der Waals surface area contributed by atoms with E-state index in [1.165, 1.54) is 11.3 Å². The molecule has 0 radical (unpaired) electrons. The Balaban J connectivity index is 1.91. The number of hydrogen-bond donors (Lipinski definition) is 1. The molecule has 6 heteroatoms. The minimum Gasteiger partial charge on any atom is -0.481 e. The lowest BCUT2D eigenvalue weighted by Crippen LogP contribution is -2.23. The summed E-state index contributed by atoms with van der Waals surface area (Å²) in [4.78, 5) is 29.9. The van der Waals surface area contributed by atoms with E-state index < -0.39 is 5.97 Å². The Hall–Kier alpha value is -3.25. The van der Waals surface area contributed by atoms with Gasteiger partial charge in [-0.15, -0.1) is 11.3 Å². The molecule has 0 amide bonds. The van der Waals surface area contributed by atoms with Gasteiger partial charge in [0.15, 0.2) is 0 Å². The first-order chi connectivity index (χ1) is 13.6. The SMILES string of the molecule is O=C(O)CCCn1c(-c2ccccc2)nc2scc(-c3ccccc3)c2c1=O. The molecule has 2 heterocycles. The van der Waals surface area contributed by atoms with E-state index in [0.29, 0.717) is 29.0 Å². The van der Waals surface area contributed by atoms with Crippen molar-refractivity contribution in [1.29, 1.82) is 0 Å². The lowest BCUT2D eigenvalue weighted by atomic mass is 10.1. The number of fused-ring (bicyclic) bond motifs is 1. The van der Waals surface area contributed by atoms with Crippen molar-refractivity contribution in [3.63, 3.8) is 0 Å². The first-order valence-electron chi connectivity index (χ1n) is 9.00. The zero-order chi connectivity index (χ0) is 19.5. The molecule has 0 aliphatic carbocycles. The number of benzene rings is 2. The van der Waals surface area contributed by atoms with Crippen LogP contribution in [0.1, 0.15) is 12.8 Å². The van der Waals surface area contributed by atoms with Gasteiger partial charge < -0.3 is 5.11 Å². The van der Waals surface area contributed by atoms with Crippen molar-refractivity contribution in [2.24, 2.45) is 0 Å². The highest BCUT2D eigenvalue weighted by molar-refractivity contribution is 7.17. The van der Waals surface area contributed by atoms with Crippen LogP contribution in [0.3, 0.4) is 0 Å². The topological polar surface area (TPSA) is 72.2 Å². The molecule has 0 atom stereocenters. The molecule has 4 rings (SSSR count). The van der Waals surface area contributed by atoms with Gasteiger partial charge in [-0.2, -0.15) is 0 Å². The highest BCUT2D eigenvalue weighted by Gasteiger charge is 2.18. The van der Waals surface area contributed by atoms with Gasteiger partial charge in [-0.05, 0) is 12.0 Å². The number of carboxylic acids is 1. The number of aromatic nitrogens is 2. The van der Waals surface area contributed by atoms with Crippen LogP contribution < -0.4 is 5.56 Å². The van der Waals surface area contributed by atoms with Gasteiger partial charge in [0, 0.05) is 29.5 Å². The summed E-state index contributed by atoms with van der Waals surface area (Å²) in [6.45, 7) is 0.308. The van der Waals surface area contributed by atoms with E-state index in [4.69, 9.17) is 10.1 Å². The van der Waals surface area contributed by atoms with E-state index in [1.807, 2.05) is 66.0 Å². The predicted molar refractivity (Wildman–Crippen MR) is 112 cm³/mol. The zero-order valence-electron chi connectivity index (χ0n) is 15.0. The van der Waals surface area contributed by atoms with Crippen molar-refractivity contribution in [2.45, 2.75) is 19.4 Å². The van der Waals surface area contributed by atoms with Gasteiger partial charge in [-0.1, -0.05) is 60.7 Å². The van der Waals surface area contributed by atoms with Crippen molar-refractivity contribution in [3.8, 4) is 22.5 Å². The molecular formula is C22H18N2O3S. The Morgan fingerprint density at radius 1 is 1.00 bits per heavy atom. The highest BCUT2D eigenvalue weighted by atomic mass is 32.1. The number of carboxylic acid groups (broad SMARTS) is 1. The lowest BCUT2D eigenvalue weighted by molar-refractivity contribution is -0.137. The van der Waals surface area contributed by atoms with Crippen LogP contribution in [0.4, 0.5) is 0 Å². The third kappa shape index (κ3) is 3.46. The van der Waals surface area contributed by atoms with E-state index in [0.717, 1.165) is 16.7 Å². The van der Waals surface area contributed by atoms with Crippen molar-refractivity contribution in [3.05, 3.63) is 76.4 Å². The standard InChI is InChI=1S/C22H18N2O3S/c25-18(26)12-7-13-24-20(16-10-5-2-6-11-16)23-21-19(22(24)27)17(14-28-21)15-8-3-1-4-9-15/h1-6,8-11,14H,7,12-13H2,(H,25,26). The van der Waals surface area contributed by atoms with Gasteiger partial charge in [-0.25, -0.2) is 4.98 Å². The van der Waals surface area contributed by atoms with Gasteiger partial charge >= 0.3 is 5.97 Å². The molecular weight excluding hydrogens is 372 g/mol. The second-order valence-electron chi connectivity index (χ2n) is 6.45. The van der Waals surface area contributed by atoms with Crippen LogP contribution in [-0.2, 0) is 11.3 Å². The summed E-state index contributed by atoms with van der Waals surface area (Å²) in [5.74, 6) is -0.297. The number of rotatable bonds is 6. The minimum absolute atomic E-state index is 0.00782. The summed E-state index contributed by atoms with van der Waals surface area (Å²) in [5.41, 5.74) is 2.54. The molecule has 0 fully saturated rings. The molecule has 0 bridgehead atoms. The second kappa shape index (κ2) is 7.78. The molecule has 28 heavy (non-hydrogen) atoms. The van der Waals surface area contributed by atoms with Gasteiger partial charge in [0.1, 0.15) is 10.7 Å². The Morgan fingerprint density at radius 3 is 2.29 bits per heavy atom. The van der Waals surface area contributed by atoms with E-state index in [2.05, 4.69) is 0 Å². The maximum Gasteiger partial charge on any atom is 0.303 e. The van der Waals surface area contributed by atoms with Gasteiger partial charge in [-0.3, -0.25) is 14.2 Å². The van der Waals surface area contributed by atoms with Crippen LogP contribution in [0.25, 0.3) is 32.7 Å². The Labute approximate surface area is 165 Å². The monoisotopic (exact) mass is 390 g/mol. The van der Waals surface area contributed by atoms with E-state index in [9.17, 15) is 9.59 Å². The molecule has 0 aliphatic rings. The van der Waals surface area contributed by atoms with Gasteiger partial charge in [0.05, 0.1) is 5.39 Å². The minimum atomic E-state index is -0.871. The first kappa shape index (κ1) is 18.1. The van der Waals surface area contributed by atoms with Crippen LogP contribution in [-0.4, -0.2) is 20.6 Å². The predicted octanol–water partition coefficient (Wildman–Crippen LogP) is 4.66. The maximum atomic E-state index is 13.4. The molecule has 0 saturated heterocycles. The summed E-state index contributed by atoms with van der Waals surface area (Å²) >= 11 is 1.45. The molecule has 0 spiro atoms. The highest BCUT2D eigenvalue weighted by Crippen LogP contribution is 2.32.